The minimum Gasteiger partial charge on any atom is -0.469 e. The first-order valence-electron chi connectivity index (χ1n) is 8.50. The Morgan fingerprint density at radius 2 is 2.13 bits per heavy atom. The van der Waals surface area contributed by atoms with Gasteiger partial charge in [0.15, 0.2) is 5.96 Å². The van der Waals surface area contributed by atoms with Crippen LogP contribution in [0.25, 0.3) is 0 Å². The lowest BCUT2D eigenvalue weighted by molar-refractivity contribution is -0.140. The lowest BCUT2D eigenvalue weighted by Gasteiger charge is -2.37. The van der Waals surface area contributed by atoms with Gasteiger partial charge < -0.3 is 24.4 Å². The zero-order valence-corrected chi connectivity index (χ0v) is 14.3. The second-order valence-electron chi connectivity index (χ2n) is 5.91. The van der Waals surface area contributed by atoms with E-state index in [4.69, 9.17) is 9.47 Å². The molecule has 0 bridgehead atoms. The Morgan fingerprint density at radius 1 is 1.30 bits per heavy atom. The molecule has 1 N–H and O–H groups in total. The van der Waals surface area contributed by atoms with Crippen LogP contribution in [0.4, 0.5) is 0 Å². The van der Waals surface area contributed by atoms with Crippen LogP contribution in [-0.4, -0.2) is 76.0 Å². The Morgan fingerprint density at radius 3 is 2.83 bits per heavy atom. The lowest BCUT2D eigenvalue weighted by Crippen LogP contribution is -2.53. The Bertz CT molecular complexity index is 397. The standard InChI is InChI=1S/C16H29N3O4/c1-17-16(18-8-4-3-7-15(20)21-2)19-9-11-23-14(12-19)13-6-5-10-22-13/h13-14H,3-12H2,1-2H3,(H,17,18). The number of esters is 1. The van der Waals surface area contributed by atoms with Crippen molar-refractivity contribution in [2.45, 2.75) is 44.3 Å². The number of methoxy groups -OCH3 is 1. The highest BCUT2D eigenvalue weighted by atomic mass is 16.5. The van der Waals surface area contributed by atoms with E-state index < -0.39 is 0 Å². The maximum atomic E-state index is 11.1. The monoisotopic (exact) mass is 327 g/mol. The van der Waals surface area contributed by atoms with E-state index in [1.165, 1.54) is 7.11 Å². The molecule has 0 aromatic carbocycles. The molecule has 132 valence electrons. The van der Waals surface area contributed by atoms with E-state index in [1.54, 1.807) is 7.05 Å². The van der Waals surface area contributed by atoms with Crippen molar-refractivity contribution in [1.29, 1.82) is 0 Å². The number of aliphatic imine (C=N–C) groups is 1. The van der Waals surface area contributed by atoms with Gasteiger partial charge in [-0.05, 0) is 25.7 Å². The summed E-state index contributed by atoms with van der Waals surface area (Å²) >= 11 is 0. The lowest BCUT2D eigenvalue weighted by atomic mass is 10.1. The third-order valence-electron chi connectivity index (χ3n) is 4.30. The maximum Gasteiger partial charge on any atom is 0.305 e. The van der Waals surface area contributed by atoms with Crippen LogP contribution in [0.5, 0.6) is 0 Å². The normalized spacial score (nSPS) is 25.5. The molecule has 23 heavy (non-hydrogen) atoms. The number of guanidine groups is 1. The fourth-order valence-corrected chi connectivity index (χ4v) is 3.02. The summed E-state index contributed by atoms with van der Waals surface area (Å²) in [4.78, 5) is 17.7. The third-order valence-corrected chi connectivity index (χ3v) is 4.30. The largest absolute Gasteiger partial charge is 0.469 e. The molecular weight excluding hydrogens is 298 g/mol. The van der Waals surface area contributed by atoms with Gasteiger partial charge in [-0.1, -0.05) is 0 Å². The first-order chi connectivity index (χ1) is 11.2. The van der Waals surface area contributed by atoms with Crippen molar-refractivity contribution in [2.24, 2.45) is 4.99 Å². The van der Waals surface area contributed by atoms with Gasteiger partial charge in [-0.2, -0.15) is 0 Å². The summed E-state index contributed by atoms with van der Waals surface area (Å²) in [7, 11) is 3.22. The van der Waals surface area contributed by atoms with E-state index in [0.717, 1.165) is 57.9 Å². The van der Waals surface area contributed by atoms with Gasteiger partial charge in [0.1, 0.15) is 6.10 Å². The van der Waals surface area contributed by atoms with Crippen molar-refractivity contribution in [1.82, 2.24) is 10.2 Å². The van der Waals surface area contributed by atoms with Gasteiger partial charge in [-0.25, -0.2) is 0 Å². The molecule has 2 aliphatic heterocycles. The molecule has 0 saturated carbocycles. The van der Waals surface area contributed by atoms with E-state index in [1.807, 2.05) is 0 Å². The second kappa shape index (κ2) is 9.72. The summed E-state index contributed by atoms with van der Waals surface area (Å²) in [6.45, 7) is 3.99. The smallest absolute Gasteiger partial charge is 0.305 e. The maximum absolute atomic E-state index is 11.1. The van der Waals surface area contributed by atoms with Crippen LogP contribution >= 0.6 is 0 Å². The van der Waals surface area contributed by atoms with E-state index in [2.05, 4.69) is 19.9 Å². The number of hydrogen-bond donors (Lipinski definition) is 1. The van der Waals surface area contributed by atoms with Gasteiger partial charge in [0, 0.05) is 39.7 Å². The second-order valence-corrected chi connectivity index (χ2v) is 5.91. The first kappa shape index (κ1) is 18.0. The number of nitrogens with one attached hydrogen (secondary N) is 1. The highest BCUT2D eigenvalue weighted by Crippen LogP contribution is 2.20. The summed E-state index contributed by atoms with van der Waals surface area (Å²) in [5.74, 6) is 0.747. The zero-order chi connectivity index (χ0) is 16.5. The molecule has 0 spiro atoms. The van der Waals surface area contributed by atoms with Crippen molar-refractivity contribution < 1.29 is 19.0 Å². The van der Waals surface area contributed by atoms with Crippen molar-refractivity contribution in [3.05, 3.63) is 0 Å². The Hall–Kier alpha value is -1.34. The Labute approximate surface area is 138 Å². The molecule has 0 aromatic rings. The molecule has 0 amide bonds. The van der Waals surface area contributed by atoms with Gasteiger partial charge >= 0.3 is 5.97 Å². The highest BCUT2D eigenvalue weighted by molar-refractivity contribution is 5.80. The fraction of sp³-hybridized carbons (Fsp3) is 0.875. The van der Waals surface area contributed by atoms with Crippen LogP contribution in [0.1, 0.15) is 32.1 Å². The Balaban J connectivity index is 1.71. The van der Waals surface area contributed by atoms with Crippen LogP contribution in [0, 0.1) is 0 Å². The first-order valence-corrected chi connectivity index (χ1v) is 8.50. The summed E-state index contributed by atoms with van der Waals surface area (Å²) in [5, 5.41) is 3.37. The van der Waals surface area contributed by atoms with Crippen LogP contribution < -0.4 is 5.32 Å². The molecule has 2 fully saturated rings. The highest BCUT2D eigenvalue weighted by Gasteiger charge is 2.32. The van der Waals surface area contributed by atoms with Gasteiger partial charge in [0.25, 0.3) is 0 Å². The van der Waals surface area contributed by atoms with E-state index in [0.29, 0.717) is 13.0 Å². The van der Waals surface area contributed by atoms with Crippen LogP contribution in [0.15, 0.2) is 4.99 Å². The van der Waals surface area contributed by atoms with Crippen molar-refractivity contribution in [2.75, 3.05) is 47.0 Å². The summed E-state index contributed by atoms with van der Waals surface area (Å²) < 4.78 is 16.2. The number of nitrogens with zero attached hydrogens (tertiary/aromatic N) is 2. The number of morpholine rings is 1. The summed E-state index contributed by atoms with van der Waals surface area (Å²) in [6.07, 6.45) is 4.75. The number of ether oxygens (including phenoxy) is 3. The topological polar surface area (TPSA) is 72.4 Å². The fourth-order valence-electron chi connectivity index (χ4n) is 3.02. The van der Waals surface area contributed by atoms with Crippen LogP contribution in [0.2, 0.25) is 0 Å². The van der Waals surface area contributed by atoms with E-state index in [-0.39, 0.29) is 18.2 Å². The Kier molecular flexibility index (Phi) is 7.61. The number of hydrogen-bond acceptors (Lipinski definition) is 5. The van der Waals surface area contributed by atoms with E-state index >= 15 is 0 Å². The molecule has 7 nitrogen and oxygen atoms in total. The number of unbranched alkanes of at least 4 members (excludes halogenated alkanes) is 1. The molecule has 2 heterocycles. The SMILES string of the molecule is CN=C(NCCCCC(=O)OC)N1CCOC(C2CCCO2)C1. The molecular formula is C16H29N3O4. The molecule has 2 atom stereocenters. The predicted octanol–water partition coefficient (Wildman–Crippen LogP) is 0.785. The summed E-state index contributed by atoms with van der Waals surface area (Å²) in [6, 6.07) is 0. The molecule has 2 aliphatic rings. The van der Waals surface area contributed by atoms with Crippen molar-refractivity contribution >= 4 is 11.9 Å². The minimum absolute atomic E-state index is 0.129. The molecule has 2 unspecified atom stereocenters. The average molecular weight is 327 g/mol. The van der Waals surface area contributed by atoms with Crippen LogP contribution in [0.3, 0.4) is 0 Å². The minimum atomic E-state index is -0.151. The molecule has 0 aliphatic carbocycles. The summed E-state index contributed by atoms with van der Waals surface area (Å²) in [5.41, 5.74) is 0. The number of rotatable bonds is 6. The van der Waals surface area contributed by atoms with Crippen LogP contribution in [-0.2, 0) is 19.0 Å². The molecule has 0 radical (unpaired) electrons. The third kappa shape index (κ3) is 5.66. The molecule has 0 aromatic heterocycles. The van der Waals surface area contributed by atoms with E-state index in [9.17, 15) is 4.79 Å². The van der Waals surface area contributed by atoms with Gasteiger partial charge in [0.05, 0.1) is 19.8 Å². The van der Waals surface area contributed by atoms with Crippen molar-refractivity contribution in [3.63, 3.8) is 0 Å². The molecule has 7 heteroatoms. The molecule has 2 saturated heterocycles. The van der Waals surface area contributed by atoms with Crippen molar-refractivity contribution in [3.8, 4) is 0 Å². The predicted molar refractivity (Wildman–Crippen MR) is 87.5 cm³/mol. The number of carbonyl (C=O) groups is 1. The quantitative estimate of drug-likeness (QED) is 0.336. The average Bonchev–Trinajstić information content (AvgIpc) is 3.12. The number of carbonyl (C=O) groups excluding carboxylic acids is 1. The zero-order valence-electron chi connectivity index (χ0n) is 14.3. The van der Waals surface area contributed by atoms with Gasteiger partial charge in [-0.3, -0.25) is 9.79 Å². The van der Waals surface area contributed by atoms with Gasteiger partial charge in [-0.15, -0.1) is 0 Å². The molecule has 2 rings (SSSR count). The van der Waals surface area contributed by atoms with Gasteiger partial charge in [0.2, 0.25) is 0 Å².